The second-order valence-corrected chi connectivity index (χ2v) is 1.58. The van der Waals surface area contributed by atoms with Crippen LogP contribution in [0.2, 0.25) is 0 Å². The average molecular weight is 193 g/mol. The first-order valence-corrected chi connectivity index (χ1v) is 3.09. The molecule has 0 N–H and O–H groups in total. The Balaban J connectivity index is 0. The normalized spacial score (nSPS) is 6.00. The molecule has 0 bridgehead atoms. The molecule has 3 heteroatoms. The second kappa shape index (κ2) is 10.4. The van der Waals surface area contributed by atoms with Crippen LogP contribution in [0.5, 0.6) is 0 Å². The quantitative estimate of drug-likeness (QED) is 0.471. The smallest absolute Gasteiger partial charge is 0.307 e. The zero-order valence-corrected chi connectivity index (χ0v) is 6.85. The van der Waals surface area contributed by atoms with Crippen molar-refractivity contribution in [2.75, 3.05) is 0 Å². The largest absolute Gasteiger partial charge is 0.435 e. The van der Waals surface area contributed by atoms with Crippen LogP contribution in [0.1, 0.15) is 6.92 Å². The third kappa shape index (κ3) is 37.1. The highest BCUT2D eigenvalue weighted by molar-refractivity contribution is 9.11. The van der Waals surface area contributed by atoms with Gasteiger partial charge in [0.25, 0.3) is 0 Å². The average Bonchev–Trinajstić information content (AvgIpc) is 1.67. The number of carbonyl (C=O) groups is 1. The summed E-state index contributed by atoms with van der Waals surface area (Å²) < 4.78 is 4.17. The second-order valence-electron chi connectivity index (χ2n) is 0.930. The third-order valence-electron chi connectivity index (χ3n) is 0.249. The van der Waals surface area contributed by atoms with E-state index in [1.165, 1.54) is 6.92 Å². The van der Waals surface area contributed by atoms with E-state index in [0.29, 0.717) is 0 Å². The van der Waals surface area contributed by atoms with Crippen molar-refractivity contribution in [1.82, 2.24) is 0 Å². The lowest BCUT2D eigenvalue weighted by Gasteiger charge is -1.83. The van der Waals surface area contributed by atoms with Gasteiger partial charge >= 0.3 is 5.97 Å². The number of halogens is 1. The molecule has 0 aromatic rings. The van der Waals surface area contributed by atoms with Crippen LogP contribution >= 0.6 is 15.9 Å². The Labute approximate surface area is 63.3 Å². The lowest BCUT2D eigenvalue weighted by Crippen LogP contribution is -1.87. The maximum absolute atomic E-state index is 9.75. The standard InChI is InChI=1S/C4H6O2.C2H3Br/c1-3-6-4(2)5;1-2-3/h3H,1H2,2H3;2H,1H2. The van der Waals surface area contributed by atoms with Crippen molar-refractivity contribution < 1.29 is 9.53 Å². The van der Waals surface area contributed by atoms with Crippen molar-refractivity contribution >= 4 is 21.9 Å². The summed E-state index contributed by atoms with van der Waals surface area (Å²) in [5, 5.41) is 0. The van der Waals surface area contributed by atoms with E-state index in [1.807, 2.05) is 0 Å². The Bertz CT molecular complexity index is 99.2. The number of hydrogen-bond donors (Lipinski definition) is 0. The molecule has 0 rings (SSSR count). The topological polar surface area (TPSA) is 26.3 Å². The number of hydrogen-bond acceptors (Lipinski definition) is 2. The minimum Gasteiger partial charge on any atom is -0.435 e. The van der Waals surface area contributed by atoms with Crippen molar-refractivity contribution in [1.29, 1.82) is 0 Å². The molecule has 0 spiro atoms. The molecule has 0 radical (unpaired) electrons. The van der Waals surface area contributed by atoms with Gasteiger partial charge in [-0.3, -0.25) is 4.79 Å². The summed E-state index contributed by atoms with van der Waals surface area (Å²) in [4.78, 5) is 11.3. The summed E-state index contributed by atoms with van der Waals surface area (Å²) in [6.45, 7) is 7.76. The lowest BCUT2D eigenvalue weighted by molar-refractivity contribution is -0.135. The van der Waals surface area contributed by atoms with Crippen molar-refractivity contribution in [3.05, 3.63) is 24.4 Å². The van der Waals surface area contributed by atoms with Gasteiger partial charge in [-0.1, -0.05) is 29.1 Å². The molecule has 0 amide bonds. The number of rotatable bonds is 1. The molecular weight excluding hydrogens is 184 g/mol. The predicted octanol–water partition coefficient (Wildman–Crippen LogP) is 2.22. The number of ether oxygens (including phenoxy) is 1. The molecule has 0 unspecified atom stereocenters. The Morgan fingerprint density at radius 2 is 2.00 bits per heavy atom. The minimum atomic E-state index is -0.329. The van der Waals surface area contributed by atoms with Crippen molar-refractivity contribution in [3.8, 4) is 0 Å². The number of esters is 1. The molecule has 52 valence electrons. The van der Waals surface area contributed by atoms with Gasteiger partial charge in [0, 0.05) is 6.92 Å². The van der Waals surface area contributed by atoms with Gasteiger partial charge in [0.15, 0.2) is 0 Å². The van der Waals surface area contributed by atoms with Crippen molar-refractivity contribution in [3.63, 3.8) is 0 Å². The number of carbonyl (C=O) groups excluding carboxylic acids is 1. The molecule has 0 aromatic heterocycles. The van der Waals surface area contributed by atoms with E-state index in [0.717, 1.165) is 6.26 Å². The zero-order chi connectivity index (χ0) is 7.70. The van der Waals surface area contributed by atoms with Gasteiger partial charge in [0.1, 0.15) is 0 Å². The first kappa shape index (κ1) is 11.3. The van der Waals surface area contributed by atoms with Gasteiger partial charge < -0.3 is 4.74 Å². The third-order valence-corrected chi connectivity index (χ3v) is 0.249. The summed E-state index contributed by atoms with van der Waals surface area (Å²) in [5.74, 6) is -0.329. The van der Waals surface area contributed by atoms with E-state index in [9.17, 15) is 4.79 Å². The van der Waals surface area contributed by atoms with E-state index in [4.69, 9.17) is 0 Å². The highest BCUT2D eigenvalue weighted by Gasteiger charge is 1.79. The molecule has 9 heavy (non-hydrogen) atoms. The van der Waals surface area contributed by atoms with Crippen molar-refractivity contribution in [2.24, 2.45) is 0 Å². The van der Waals surface area contributed by atoms with Gasteiger partial charge in [-0.25, -0.2) is 0 Å². The Kier molecular flexibility index (Phi) is 13.0. The zero-order valence-electron chi connectivity index (χ0n) is 5.26. The Morgan fingerprint density at radius 3 is 2.00 bits per heavy atom. The summed E-state index contributed by atoms with van der Waals surface area (Å²) in [7, 11) is 0. The fourth-order valence-electron chi connectivity index (χ4n) is 0.117. The van der Waals surface area contributed by atoms with Gasteiger partial charge in [-0.2, -0.15) is 0 Å². The Morgan fingerprint density at radius 1 is 1.67 bits per heavy atom. The van der Waals surface area contributed by atoms with Gasteiger partial charge in [-0.05, 0) is 4.99 Å². The van der Waals surface area contributed by atoms with Crippen LogP contribution in [0.15, 0.2) is 24.4 Å². The summed E-state index contributed by atoms with van der Waals surface area (Å²) in [6.07, 6.45) is 1.10. The molecule has 0 heterocycles. The molecule has 0 aliphatic rings. The molecule has 0 fully saturated rings. The first-order chi connectivity index (χ1) is 4.18. The van der Waals surface area contributed by atoms with Gasteiger partial charge in [-0.15, -0.1) is 0 Å². The summed E-state index contributed by atoms with van der Waals surface area (Å²) >= 11 is 2.91. The molecule has 0 aromatic carbocycles. The molecular formula is C6H9BrO2. The van der Waals surface area contributed by atoms with E-state index in [2.05, 4.69) is 33.8 Å². The summed E-state index contributed by atoms with van der Waals surface area (Å²) in [6, 6.07) is 0. The molecule has 0 aliphatic heterocycles. The highest BCUT2D eigenvalue weighted by Crippen LogP contribution is 1.70. The van der Waals surface area contributed by atoms with Crippen LogP contribution in [-0.2, 0) is 9.53 Å². The SMILES string of the molecule is C=CBr.C=COC(C)=O. The van der Waals surface area contributed by atoms with Gasteiger partial charge in [0.05, 0.1) is 6.26 Å². The molecule has 0 saturated carbocycles. The molecule has 0 aliphatic carbocycles. The van der Waals surface area contributed by atoms with Gasteiger partial charge in [0.2, 0.25) is 0 Å². The fourth-order valence-corrected chi connectivity index (χ4v) is 0.117. The fraction of sp³-hybridized carbons (Fsp3) is 0.167. The van der Waals surface area contributed by atoms with E-state index >= 15 is 0 Å². The van der Waals surface area contributed by atoms with Crippen LogP contribution in [0.25, 0.3) is 0 Å². The van der Waals surface area contributed by atoms with E-state index < -0.39 is 0 Å². The van der Waals surface area contributed by atoms with Crippen molar-refractivity contribution in [2.45, 2.75) is 6.92 Å². The minimum absolute atomic E-state index is 0.329. The van der Waals surface area contributed by atoms with Crippen LogP contribution in [0.4, 0.5) is 0 Å². The van der Waals surface area contributed by atoms with Crippen LogP contribution in [0, 0.1) is 0 Å². The molecule has 2 nitrogen and oxygen atoms in total. The maximum Gasteiger partial charge on any atom is 0.307 e. The monoisotopic (exact) mass is 192 g/mol. The molecule has 0 saturated heterocycles. The molecule has 0 atom stereocenters. The van der Waals surface area contributed by atoms with Crippen LogP contribution in [-0.4, -0.2) is 5.97 Å². The van der Waals surface area contributed by atoms with E-state index in [1.54, 1.807) is 4.99 Å². The van der Waals surface area contributed by atoms with Crippen LogP contribution in [0.3, 0.4) is 0 Å². The maximum atomic E-state index is 9.75. The Hall–Kier alpha value is -0.570. The lowest BCUT2D eigenvalue weighted by atomic mass is 10.8. The van der Waals surface area contributed by atoms with E-state index in [-0.39, 0.29) is 5.97 Å². The first-order valence-electron chi connectivity index (χ1n) is 2.18. The van der Waals surface area contributed by atoms with Crippen LogP contribution < -0.4 is 0 Å². The highest BCUT2D eigenvalue weighted by atomic mass is 79.9. The predicted molar refractivity (Wildman–Crippen MR) is 41.1 cm³/mol. The summed E-state index contributed by atoms with van der Waals surface area (Å²) in [5.41, 5.74) is 0.